The van der Waals surface area contributed by atoms with Crippen molar-refractivity contribution in [3.8, 4) is 11.5 Å². The van der Waals surface area contributed by atoms with E-state index in [-0.39, 0.29) is 5.91 Å². The molecular weight excluding hydrogens is 334 g/mol. The molecule has 2 aromatic rings. The van der Waals surface area contributed by atoms with E-state index in [9.17, 15) is 4.79 Å². The third-order valence-electron chi connectivity index (χ3n) is 4.41. The highest BCUT2D eigenvalue weighted by atomic mass is 16.5. The Morgan fingerprint density at radius 1 is 1.35 bits per heavy atom. The van der Waals surface area contributed by atoms with Crippen LogP contribution in [0.15, 0.2) is 24.4 Å². The number of aromatic nitrogens is 3. The number of nitrogens with one attached hydrogen (secondary N) is 2. The van der Waals surface area contributed by atoms with Crippen molar-refractivity contribution in [1.29, 1.82) is 0 Å². The summed E-state index contributed by atoms with van der Waals surface area (Å²) in [6.07, 6.45) is 3.72. The third kappa shape index (κ3) is 4.32. The van der Waals surface area contributed by atoms with Gasteiger partial charge in [-0.15, -0.1) is 5.10 Å². The van der Waals surface area contributed by atoms with Gasteiger partial charge in [0.2, 0.25) is 0 Å². The smallest absolute Gasteiger partial charge is 0.273 e. The zero-order valence-electron chi connectivity index (χ0n) is 15.2. The van der Waals surface area contributed by atoms with Gasteiger partial charge in [-0.05, 0) is 50.6 Å². The monoisotopic (exact) mass is 359 g/mol. The van der Waals surface area contributed by atoms with Crippen LogP contribution in [-0.2, 0) is 6.54 Å². The summed E-state index contributed by atoms with van der Waals surface area (Å²) >= 11 is 0. The molecule has 0 unspecified atom stereocenters. The maximum Gasteiger partial charge on any atom is 0.273 e. The van der Waals surface area contributed by atoms with Crippen LogP contribution in [-0.4, -0.2) is 47.7 Å². The van der Waals surface area contributed by atoms with Gasteiger partial charge in [0, 0.05) is 6.54 Å². The zero-order chi connectivity index (χ0) is 18.4. The number of carbonyl (C=O) groups is 1. The minimum atomic E-state index is -0.238. The van der Waals surface area contributed by atoms with Crippen LogP contribution >= 0.6 is 0 Å². The first kappa shape index (κ1) is 18.2. The number of amides is 1. The maximum atomic E-state index is 12.3. The minimum absolute atomic E-state index is 0.238. The average Bonchev–Trinajstić information content (AvgIpc) is 3.18. The molecule has 1 aromatic heterocycles. The second-order valence-corrected chi connectivity index (χ2v) is 6.17. The summed E-state index contributed by atoms with van der Waals surface area (Å²) in [5.41, 5.74) is 1.26. The van der Waals surface area contributed by atoms with Gasteiger partial charge < -0.3 is 20.1 Å². The Morgan fingerprint density at radius 2 is 2.15 bits per heavy atom. The molecule has 0 spiro atoms. The zero-order valence-corrected chi connectivity index (χ0v) is 15.2. The van der Waals surface area contributed by atoms with Crippen molar-refractivity contribution in [2.45, 2.75) is 32.4 Å². The molecule has 1 aliphatic heterocycles. The van der Waals surface area contributed by atoms with Crippen LogP contribution in [0, 0.1) is 0 Å². The molecule has 0 bridgehead atoms. The Kier molecular flexibility index (Phi) is 6.06. The summed E-state index contributed by atoms with van der Waals surface area (Å²) in [5, 5.41) is 14.3. The number of rotatable bonds is 7. The topological polar surface area (TPSA) is 90.3 Å². The Hall–Kier alpha value is -2.61. The van der Waals surface area contributed by atoms with Gasteiger partial charge in [-0.3, -0.25) is 4.79 Å². The predicted octanol–water partition coefficient (Wildman–Crippen LogP) is 1.54. The highest BCUT2D eigenvalue weighted by Gasteiger charge is 2.18. The van der Waals surface area contributed by atoms with E-state index in [0.29, 0.717) is 36.4 Å². The molecule has 8 heteroatoms. The average molecular weight is 359 g/mol. The van der Waals surface area contributed by atoms with Crippen molar-refractivity contribution in [2.75, 3.05) is 26.8 Å². The molecule has 0 aliphatic carbocycles. The standard InChI is InChI=1S/C18H25N5O3/c1-3-26-16-5-4-13(10-17(16)25-2)11-20-18(24)15-12-23(22-21-15)14-6-8-19-9-7-14/h4-5,10,12,14,19H,3,6-9,11H2,1-2H3,(H,20,24). The van der Waals surface area contributed by atoms with Crippen LogP contribution in [0.1, 0.15) is 41.9 Å². The molecule has 2 N–H and O–H groups in total. The van der Waals surface area contributed by atoms with Crippen molar-refractivity contribution >= 4 is 5.91 Å². The number of ether oxygens (including phenoxy) is 2. The molecule has 1 saturated heterocycles. The molecule has 1 amide bonds. The molecule has 140 valence electrons. The third-order valence-corrected chi connectivity index (χ3v) is 4.41. The van der Waals surface area contributed by atoms with Crippen LogP contribution in [0.5, 0.6) is 11.5 Å². The van der Waals surface area contributed by atoms with E-state index < -0.39 is 0 Å². The SMILES string of the molecule is CCOc1ccc(CNC(=O)c2cn(C3CCNCC3)nn2)cc1OC. The Bertz CT molecular complexity index is 740. The van der Waals surface area contributed by atoms with E-state index in [2.05, 4.69) is 20.9 Å². The molecule has 0 atom stereocenters. The summed E-state index contributed by atoms with van der Waals surface area (Å²) < 4.78 is 12.6. The largest absolute Gasteiger partial charge is 0.493 e. The summed E-state index contributed by atoms with van der Waals surface area (Å²) in [4.78, 5) is 12.3. The van der Waals surface area contributed by atoms with E-state index in [1.165, 1.54) is 0 Å². The predicted molar refractivity (Wildman–Crippen MR) is 96.5 cm³/mol. The molecular formula is C18H25N5O3. The van der Waals surface area contributed by atoms with Crippen LogP contribution in [0.3, 0.4) is 0 Å². The van der Waals surface area contributed by atoms with Crippen LogP contribution in [0.4, 0.5) is 0 Å². The molecule has 1 aliphatic rings. The van der Waals surface area contributed by atoms with Gasteiger partial charge in [-0.1, -0.05) is 11.3 Å². The second kappa shape index (κ2) is 8.66. The first-order chi connectivity index (χ1) is 12.7. The summed E-state index contributed by atoms with van der Waals surface area (Å²) in [6.45, 7) is 4.79. The van der Waals surface area contributed by atoms with E-state index in [4.69, 9.17) is 9.47 Å². The lowest BCUT2D eigenvalue weighted by Gasteiger charge is -2.22. The normalized spacial score (nSPS) is 14.8. The van der Waals surface area contributed by atoms with E-state index in [1.54, 1.807) is 18.0 Å². The Balaban J connectivity index is 1.59. The Morgan fingerprint density at radius 3 is 2.88 bits per heavy atom. The molecule has 26 heavy (non-hydrogen) atoms. The number of piperidine rings is 1. The number of carbonyl (C=O) groups excluding carboxylic acids is 1. The van der Waals surface area contributed by atoms with E-state index in [1.807, 2.05) is 25.1 Å². The lowest BCUT2D eigenvalue weighted by atomic mass is 10.1. The maximum absolute atomic E-state index is 12.3. The first-order valence-electron chi connectivity index (χ1n) is 8.91. The van der Waals surface area contributed by atoms with Crippen LogP contribution < -0.4 is 20.1 Å². The van der Waals surface area contributed by atoms with Crippen molar-refractivity contribution in [3.05, 3.63) is 35.7 Å². The Labute approximate surface area is 152 Å². The number of benzene rings is 1. The van der Waals surface area contributed by atoms with E-state index >= 15 is 0 Å². The lowest BCUT2D eigenvalue weighted by molar-refractivity contribution is 0.0945. The molecule has 1 aromatic carbocycles. The van der Waals surface area contributed by atoms with Gasteiger partial charge in [-0.25, -0.2) is 4.68 Å². The number of hydrogen-bond acceptors (Lipinski definition) is 6. The fraction of sp³-hybridized carbons (Fsp3) is 0.500. The van der Waals surface area contributed by atoms with Crippen LogP contribution in [0.25, 0.3) is 0 Å². The van der Waals surface area contributed by atoms with Crippen molar-refractivity contribution in [2.24, 2.45) is 0 Å². The summed E-state index contributed by atoms with van der Waals surface area (Å²) in [7, 11) is 1.60. The van der Waals surface area contributed by atoms with Crippen LogP contribution in [0.2, 0.25) is 0 Å². The van der Waals surface area contributed by atoms with Gasteiger partial charge in [0.05, 0.1) is 26.0 Å². The van der Waals surface area contributed by atoms with Gasteiger partial charge in [0.15, 0.2) is 17.2 Å². The van der Waals surface area contributed by atoms with Gasteiger partial charge in [0.1, 0.15) is 0 Å². The molecule has 1 fully saturated rings. The second-order valence-electron chi connectivity index (χ2n) is 6.17. The van der Waals surface area contributed by atoms with Crippen molar-refractivity contribution < 1.29 is 14.3 Å². The van der Waals surface area contributed by atoms with Gasteiger partial charge in [0.25, 0.3) is 5.91 Å². The summed E-state index contributed by atoms with van der Waals surface area (Å²) in [6, 6.07) is 5.91. The van der Waals surface area contributed by atoms with Gasteiger partial charge >= 0.3 is 0 Å². The first-order valence-corrected chi connectivity index (χ1v) is 8.91. The molecule has 8 nitrogen and oxygen atoms in total. The fourth-order valence-electron chi connectivity index (χ4n) is 3.00. The summed E-state index contributed by atoms with van der Waals surface area (Å²) in [5.74, 6) is 1.10. The van der Waals surface area contributed by atoms with Gasteiger partial charge in [-0.2, -0.15) is 0 Å². The molecule has 0 radical (unpaired) electrons. The number of methoxy groups -OCH3 is 1. The molecule has 0 saturated carbocycles. The fourth-order valence-corrected chi connectivity index (χ4v) is 3.00. The number of nitrogens with zero attached hydrogens (tertiary/aromatic N) is 3. The molecule has 3 rings (SSSR count). The number of hydrogen-bond donors (Lipinski definition) is 2. The molecule has 2 heterocycles. The highest BCUT2D eigenvalue weighted by Crippen LogP contribution is 2.28. The quantitative estimate of drug-likeness (QED) is 0.779. The highest BCUT2D eigenvalue weighted by molar-refractivity contribution is 5.91. The minimum Gasteiger partial charge on any atom is -0.493 e. The lowest BCUT2D eigenvalue weighted by Crippen LogP contribution is -2.29. The van der Waals surface area contributed by atoms with Crippen molar-refractivity contribution in [1.82, 2.24) is 25.6 Å². The van der Waals surface area contributed by atoms with E-state index in [0.717, 1.165) is 31.5 Å². The van der Waals surface area contributed by atoms with Crippen molar-refractivity contribution in [3.63, 3.8) is 0 Å².